The number of nitrogens with one attached hydrogen (secondary N) is 1. The van der Waals surface area contributed by atoms with Gasteiger partial charge in [0.25, 0.3) is 5.91 Å². The van der Waals surface area contributed by atoms with Crippen LogP contribution in [0.1, 0.15) is 31.1 Å². The lowest BCUT2D eigenvalue weighted by Gasteiger charge is -2.16. The molecule has 2 N–H and O–H groups in total. The number of amides is 1. The molecule has 18 heavy (non-hydrogen) atoms. The highest BCUT2D eigenvalue weighted by molar-refractivity contribution is 6.31. The molecule has 0 saturated heterocycles. The van der Waals surface area contributed by atoms with Gasteiger partial charge < -0.3 is 15.2 Å². The number of hydrogen-bond acceptors (Lipinski definition) is 3. The van der Waals surface area contributed by atoms with Crippen LogP contribution in [0.4, 0.5) is 0 Å². The van der Waals surface area contributed by atoms with E-state index in [1.165, 1.54) is 0 Å². The van der Waals surface area contributed by atoms with E-state index in [0.29, 0.717) is 16.3 Å². The van der Waals surface area contributed by atoms with Crippen LogP contribution < -0.4 is 10.1 Å². The van der Waals surface area contributed by atoms with Crippen molar-refractivity contribution in [1.82, 2.24) is 5.32 Å². The molecule has 1 aromatic carbocycles. The summed E-state index contributed by atoms with van der Waals surface area (Å²) in [6, 6.07) is 4.58. The van der Waals surface area contributed by atoms with Crippen LogP contribution in [0.2, 0.25) is 5.02 Å². The van der Waals surface area contributed by atoms with Gasteiger partial charge in [-0.25, -0.2) is 0 Å². The molecule has 0 radical (unpaired) electrons. The highest BCUT2D eigenvalue weighted by Gasteiger charge is 2.16. The third kappa shape index (κ3) is 4.20. The van der Waals surface area contributed by atoms with E-state index < -0.39 is 0 Å². The van der Waals surface area contributed by atoms with Gasteiger partial charge in [-0.1, -0.05) is 11.6 Å². The molecule has 0 fully saturated rings. The first kappa shape index (κ1) is 14.8. The smallest absolute Gasteiger partial charge is 0.255 e. The normalized spacial score (nSPS) is 12.3. The second-order valence-corrected chi connectivity index (χ2v) is 4.80. The Kier molecular flexibility index (Phi) is 5.44. The molecule has 0 heterocycles. The molecule has 0 spiro atoms. The number of rotatable bonds is 5. The average molecular weight is 272 g/mol. The monoisotopic (exact) mass is 271 g/mol. The minimum Gasteiger partial charge on any atom is -0.490 e. The number of aliphatic hydroxyl groups excluding tert-OH is 1. The molecule has 4 nitrogen and oxygen atoms in total. The molecule has 5 heteroatoms. The van der Waals surface area contributed by atoms with Crippen molar-refractivity contribution in [2.24, 2.45) is 0 Å². The van der Waals surface area contributed by atoms with E-state index >= 15 is 0 Å². The number of benzene rings is 1. The summed E-state index contributed by atoms with van der Waals surface area (Å²) >= 11 is 5.88. The zero-order valence-corrected chi connectivity index (χ0v) is 11.5. The van der Waals surface area contributed by atoms with Crippen molar-refractivity contribution in [2.75, 3.05) is 6.61 Å². The number of carbonyl (C=O) groups is 1. The largest absolute Gasteiger partial charge is 0.490 e. The van der Waals surface area contributed by atoms with Gasteiger partial charge in [0.2, 0.25) is 0 Å². The molecule has 0 aliphatic rings. The quantitative estimate of drug-likeness (QED) is 0.863. The molecule has 0 bridgehead atoms. The number of halogens is 1. The minimum absolute atomic E-state index is 0.0343. The van der Waals surface area contributed by atoms with Crippen molar-refractivity contribution in [3.05, 3.63) is 28.8 Å². The maximum Gasteiger partial charge on any atom is 0.255 e. The summed E-state index contributed by atoms with van der Waals surface area (Å²) in [6.07, 6.45) is -0.0343. The minimum atomic E-state index is -0.316. The predicted molar refractivity (Wildman–Crippen MR) is 71.2 cm³/mol. The van der Waals surface area contributed by atoms with E-state index in [9.17, 15) is 4.79 Å². The molecule has 1 amide bonds. The molecule has 1 rings (SSSR count). The fourth-order valence-corrected chi connectivity index (χ4v) is 1.56. The van der Waals surface area contributed by atoms with Gasteiger partial charge in [-0.2, -0.15) is 0 Å². The van der Waals surface area contributed by atoms with Gasteiger partial charge >= 0.3 is 0 Å². The summed E-state index contributed by atoms with van der Waals surface area (Å²) in [5.74, 6) is 0.173. The predicted octanol–water partition coefficient (Wildman–Crippen LogP) is 2.24. The van der Waals surface area contributed by atoms with Crippen LogP contribution in [0.3, 0.4) is 0 Å². The second kappa shape index (κ2) is 6.61. The zero-order chi connectivity index (χ0) is 13.7. The van der Waals surface area contributed by atoms with Gasteiger partial charge in [-0.05, 0) is 39.0 Å². The van der Waals surface area contributed by atoms with Crippen molar-refractivity contribution in [2.45, 2.75) is 32.9 Å². The van der Waals surface area contributed by atoms with Gasteiger partial charge in [0, 0.05) is 11.1 Å². The summed E-state index contributed by atoms with van der Waals surface area (Å²) in [5.41, 5.74) is 0.372. The van der Waals surface area contributed by atoms with Crippen LogP contribution in [-0.4, -0.2) is 29.8 Å². The Labute approximate surface area is 112 Å². The second-order valence-electron chi connectivity index (χ2n) is 4.36. The van der Waals surface area contributed by atoms with Crippen LogP contribution in [0.15, 0.2) is 18.2 Å². The van der Waals surface area contributed by atoms with Gasteiger partial charge in [0.15, 0.2) is 0 Å². The van der Waals surface area contributed by atoms with Crippen LogP contribution in [0.5, 0.6) is 5.75 Å². The van der Waals surface area contributed by atoms with Crippen molar-refractivity contribution in [3.8, 4) is 5.75 Å². The van der Waals surface area contributed by atoms with Gasteiger partial charge in [0.05, 0.1) is 18.3 Å². The molecular formula is C13H18ClNO3. The lowest BCUT2D eigenvalue weighted by molar-refractivity contribution is 0.0916. The van der Waals surface area contributed by atoms with Crippen molar-refractivity contribution in [1.29, 1.82) is 0 Å². The molecular weight excluding hydrogens is 254 g/mol. The summed E-state index contributed by atoms with van der Waals surface area (Å²) < 4.78 is 5.55. The fourth-order valence-electron chi connectivity index (χ4n) is 1.38. The Morgan fingerprint density at radius 3 is 2.67 bits per heavy atom. The topological polar surface area (TPSA) is 58.6 Å². The lowest BCUT2D eigenvalue weighted by atomic mass is 10.1. The van der Waals surface area contributed by atoms with E-state index in [1.807, 2.05) is 13.8 Å². The fraction of sp³-hybridized carbons (Fsp3) is 0.462. The summed E-state index contributed by atoms with van der Waals surface area (Å²) in [5, 5.41) is 12.1. The third-order valence-corrected chi connectivity index (χ3v) is 2.44. The molecule has 1 aromatic rings. The Hall–Kier alpha value is -1.26. The van der Waals surface area contributed by atoms with E-state index in [1.54, 1.807) is 25.1 Å². The van der Waals surface area contributed by atoms with Gasteiger partial charge in [-0.15, -0.1) is 0 Å². The third-order valence-electron chi connectivity index (χ3n) is 2.20. The average Bonchev–Trinajstić information content (AvgIpc) is 2.30. The molecule has 0 aromatic heterocycles. The number of aliphatic hydroxyl groups is 1. The van der Waals surface area contributed by atoms with Gasteiger partial charge in [-0.3, -0.25) is 4.79 Å². The first-order valence-electron chi connectivity index (χ1n) is 5.82. The van der Waals surface area contributed by atoms with Crippen LogP contribution >= 0.6 is 11.6 Å². The highest BCUT2D eigenvalue weighted by Crippen LogP contribution is 2.24. The number of ether oxygens (including phenoxy) is 1. The molecule has 0 aliphatic heterocycles. The van der Waals surface area contributed by atoms with Crippen LogP contribution in [-0.2, 0) is 0 Å². The molecule has 0 saturated carbocycles. The summed E-state index contributed by atoms with van der Waals surface area (Å²) in [4.78, 5) is 12.0. The van der Waals surface area contributed by atoms with Crippen LogP contribution in [0, 0.1) is 0 Å². The zero-order valence-electron chi connectivity index (χ0n) is 10.7. The Balaban J connectivity index is 2.97. The Bertz CT molecular complexity index is 421. The van der Waals surface area contributed by atoms with Crippen molar-refractivity contribution in [3.63, 3.8) is 0 Å². The number of hydrogen-bond donors (Lipinski definition) is 2. The van der Waals surface area contributed by atoms with Crippen molar-refractivity contribution < 1.29 is 14.6 Å². The highest BCUT2D eigenvalue weighted by atomic mass is 35.5. The molecule has 100 valence electrons. The Morgan fingerprint density at radius 2 is 2.11 bits per heavy atom. The molecule has 1 unspecified atom stereocenters. The van der Waals surface area contributed by atoms with Crippen molar-refractivity contribution >= 4 is 17.5 Å². The number of carbonyl (C=O) groups excluding carboxylic acids is 1. The van der Waals surface area contributed by atoms with Crippen LogP contribution in [0.25, 0.3) is 0 Å². The standard InChI is InChI=1S/C13H18ClNO3/c1-8(2)18-12-5-4-10(14)6-11(12)13(17)15-9(3)7-16/h4-6,8-9,16H,7H2,1-3H3,(H,15,17). The van der Waals surface area contributed by atoms with Gasteiger partial charge in [0.1, 0.15) is 5.75 Å². The summed E-state index contributed by atoms with van der Waals surface area (Å²) in [7, 11) is 0. The maximum absolute atomic E-state index is 12.0. The van der Waals surface area contributed by atoms with E-state index in [2.05, 4.69) is 5.32 Å². The molecule has 0 aliphatic carbocycles. The maximum atomic E-state index is 12.0. The summed E-state index contributed by atoms with van der Waals surface area (Å²) in [6.45, 7) is 5.36. The SMILES string of the molecule is CC(CO)NC(=O)c1cc(Cl)ccc1OC(C)C. The van der Waals surface area contributed by atoms with E-state index in [0.717, 1.165) is 0 Å². The molecule has 1 atom stereocenters. The van der Waals surface area contributed by atoms with E-state index in [-0.39, 0.29) is 24.7 Å². The first-order valence-corrected chi connectivity index (χ1v) is 6.19. The Morgan fingerprint density at radius 1 is 1.44 bits per heavy atom. The van der Waals surface area contributed by atoms with E-state index in [4.69, 9.17) is 21.4 Å². The lowest BCUT2D eigenvalue weighted by Crippen LogP contribution is -2.35. The first-order chi connectivity index (χ1) is 8.43.